The number of nitrogens with zero attached hydrogens (tertiary/aromatic N) is 1. The number of thiophene rings is 1. The molecule has 0 saturated carbocycles. The highest BCUT2D eigenvalue weighted by Crippen LogP contribution is 2.41. The third kappa shape index (κ3) is 2.39. The SMILES string of the molecule is CC1Cc2cc3sc4c(-c5ccccc5)nccc4c3cc2CC1C. The van der Waals surface area contributed by atoms with Gasteiger partial charge in [-0.1, -0.05) is 44.2 Å². The molecule has 1 nitrogen and oxygen atoms in total. The Morgan fingerprint density at radius 1 is 0.880 bits per heavy atom. The molecule has 2 atom stereocenters. The molecule has 1 aliphatic rings. The first-order valence-corrected chi connectivity index (χ1v) is 9.91. The Hall–Kier alpha value is -2.19. The van der Waals surface area contributed by atoms with Gasteiger partial charge in [-0.15, -0.1) is 11.3 Å². The molecule has 0 amide bonds. The Kier molecular flexibility index (Phi) is 3.42. The number of fused-ring (bicyclic) bond motifs is 4. The first-order chi connectivity index (χ1) is 12.2. The molecule has 0 fully saturated rings. The van der Waals surface area contributed by atoms with E-state index in [4.69, 9.17) is 4.98 Å². The molecule has 2 heteroatoms. The number of aromatic nitrogens is 1. The van der Waals surface area contributed by atoms with Gasteiger partial charge in [0.1, 0.15) is 0 Å². The molecule has 0 spiro atoms. The second-order valence-corrected chi connectivity index (χ2v) is 8.54. The zero-order valence-corrected chi connectivity index (χ0v) is 15.4. The van der Waals surface area contributed by atoms with E-state index in [1.54, 1.807) is 11.1 Å². The normalized spacial score (nSPS) is 20.1. The average Bonchev–Trinajstić information content (AvgIpc) is 2.99. The minimum Gasteiger partial charge on any atom is -0.255 e. The van der Waals surface area contributed by atoms with Gasteiger partial charge in [0.05, 0.1) is 10.4 Å². The molecule has 2 unspecified atom stereocenters. The molecule has 0 aliphatic heterocycles. The molecule has 4 aromatic rings. The molecule has 2 heterocycles. The third-order valence-electron chi connectivity index (χ3n) is 5.81. The monoisotopic (exact) mass is 343 g/mol. The van der Waals surface area contributed by atoms with Crippen LogP contribution in [0.4, 0.5) is 0 Å². The van der Waals surface area contributed by atoms with Crippen molar-refractivity contribution in [3.05, 3.63) is 65.9 Å². The minimum absolute atomic E-state index is 0.774. The predicted octanol–water partition coefficient (Wildman–Crippen LogP) is 6.49. The molecule has 2 aromatic carbocycles. The van der Waals surface area contributed by atoms with Gasteiger partial charge in [-0.25, -0.2) is 0 Å². The lowest BCUT2D eigenvalue weighted by atomic mass is 9.77. The highest BCUT2D eigenvalue weighted by molar-refractivity contribution is 7.26. The van der Waals surface area contributed by atoms with Crippen molar-refractivity contribution in [2.45, 2.75) is 26.7 Å². The van der Waals surface area contributed by atoms with Crippen molar-refractivity contribution >= 4 is 31.5 Å². The minimum atomic E-state index is 0.774. The van der Waals surface area contributed by atoms with Gasteiger partial charge in [0.2, 0.25) is 0 Å². The van der Waals surface area contributed by atoms with Crippen LogP contribution in [0.25, 0.3) is 31.4 Å². The van der Waals surface area contributed by atoms with Crippen LogP contribution in [0.15, 0.2) is 54.7 Å². The van der Waals surface area contributed by atoms with Crippen molar-refractivity contribution in [1.82, 2.24) is 4.98 Å². The Labute approximate surface area is 152 Å². The van der Waals surface area contributed by atoms with Gasteiger partial charge in [-0.05, 0) is 54.0 Å². The van der Waals surface area contributed by atoms with Crippen LogP contribution in [0, 0.1) is 11.8 Å². The van der Waals surface area contributed by atoms with Crippen molar-refractivity contribution in [2.24, 2.45) is 11.8 Å². The summed E-state index contributed by atoms with van der Waals surface area (Å²) in [6.07, 6.45) is 4.38. The van der Waals surface area contributed by atoms with E-state index in [0.29, 0.717) is 0 Å². The van der Waals surface area contributed by atoms with E-state index in [0.717, 1.165) is 17.5 Å². The summed E-state index contributed by atoms with van der Waals surface area (Å²) in [7, 11) is 0. The van der Waals surface area contributed by atoms with E-state index in [2.05, 4.69) is 62.4 Å². The number of hydrogen-bond donors (Lipinski definition) is 0. The van der Waals surface area contributed by atoms with Crippen LogP contribution in [0.2, 0.25) is 0 Å². The van der Waals surface area contributed by atoms with Crippen LogP contribution in [-0.2, 0) is 12.8 Å². The summed E-state index contributed by atoms with van der Waals surface area (Å²) in [4.78, 5) is 4.70. The molecule has 25 heavy (non-hydrogen) atoms. The number of rotatable bonds is 1. The zero-order chi connectivity index (χ0) is 17.0. The van der Waals surface area contributed by atoms with Gasteiger partial charge < -0.3 is 0 Å². The van der Waals surface area contributed by atoms with E-state index in [9.17, 15) is 0 Å². The molecular weight excluding hydrogens is 322 g/mol. The molecule has 2 aromatic heterocycles. The van der Waals surface area contributed by atoms with Crippen LogP contribution in [0.3, 0.4) is 0 Å². The molecule has 1 aliphatic carbocycles. The van der Waals surface area contributed by atoms with Crippen molar-refractivity contribution < 1.29 is 0 Å². The maximum Gasteiger partial charge on any atom is 0.0880 e. The highest BCUT2D eigenvalue weighted by Gasteiger charge is 2.23. The first kappa shape index (κ1) is 15.1. The van der Waals surface area contributed by atoms with Crippen LogP contribution in [0.5, 0.6) is 0 Å². The summed E-state index contributed by atoms with van der Waals surface area (Å²) in [6.45, 7) is 4.78. The lowest BCUT2D eigenvalue weighted by Crippen LogP contribution is -2.20. The third-order valence-corrected chi connectivity index (χ3v) is 6.99. The predicted molar refractivity (Wildman–Crippen MR) is 108 cm³/mol. The smallest absolute Gasteiger partial charge is 0.0880 e. The summed E-state index contributed by atoms with van der Waals surface area (Å²) >= 11 is 1.90. The molecule has 124 valence electrons. The number of hydrogen-bond acceptors (Lipinski definition) is 2. The van der Waals surface area contributed by atoms with E-state index in [1.807, 2.05) is 17.5 Å². The lowest BCUT2D eigenvalue weighted by Gasteiger charge is -2.28. The molecule has 0 bridgehead atoms. The molecule has 0 saturated heterocycles. The zero-order valence-electron chi connectivity index (χ0n) is 14.6. The van der Waals surface area contributed by atoms with Gasteiger partial charge in [0.15, 0.2) is 0 Å². The second-order valence-electron chi connectivity index (χ2n) is 7.48. The molecule has 0 N–H and O–H groups in total. The van der Waals surface area contributed by atoms with Crippen LogP contribution in [-0.4, -0.2) is 4.98 Å². The summed E-state index contributed by atoms with van der Waals surface area (Å²) in [5, 5.41) is 2.75. The quantitative estimate of drug-likeness (QED) is 0.385. The van der Waals surface area contributed by atoms with E-state index in [-0.39, 0.29) is 0 Å². The Morgan fingerprint density at radius 3 is 2.36 bits per heavy atom. The van der Waals surface area contributed by atoms with Crippen molar-refractivity contribution in [3.8, 4) is 11.3 Å². The van der Waals surface area contributed by atoms with E-state index >= 15 is 0 Å². The van der Waals surface area contributed by atoms with Crippen LogP contribution < -0.4 is 0 Å². The fraction of sp³-hybridized carbons (Fsp3) is 0.261. The van der Waals surface area contributed by atoms with Crippen LogP contribution >= 0.6 is 11.3 Å². The van der Waals surface area contributed by atoms with Gasteiger partial charge >= 0.3 is 0 Å². The standard InChI is InChI=1S/C23H21NS/c1-14-10-17-12-20-19-8-9-24-22(16-6-4-3-5-7-16)23(19)25-21(20)13-18(17)11-15(14)2/h3-9,12-15H,10-11H2,1-2H3. The van der Waals surface area contributed by atoms with Crippen molar-refractivity contribution in [3.63, 3.8) is 0 Å². The average molecular weight is 343 g/mol. The fourth-order valence-electron chi connectivity index (χ4n) is 4.11. The molecule has 5 rings (SSSR count). The lowest BCUT2D eigenvalue weighted by molar-refractivity contribution is 0.361. The molecule has 0 radical (unpaired) electrons. The second kappa shape index (κ2) is 5.67. The van der Waals surface area contributed by atoms with Gasteiger partial charge in [0, 0.05) is 27.2 Å². The first-order valence-electron chi connectivity index (χ1n) is 9.09. The van der Waals surface area contributed by atoms with Gasteiger partial charge in [-0.2, -0.15) is 0 Å². The summed E-state index contributed by atoms with van der Waals surface area (Å²) in [6, 6.07) is 17.6. The molecular formula is C23H21NS. The Balaban J connectivity index is 1.77. The Morgan fingerprint density at radius 2 is 1.60 bits per heavy atom. The van der Waals surface area contributed by atoms with Gasteiger partial charge in [-0.3, -0.25) is 4.98 Å². The maximum atomic E-state index is 4.70. The topological polar surface area (TPSA) is 12.9 Å². The maximum absolute atomic E-state index is 4.70. The summed E-state index contributed by atoms with van der Waals surface area (Å²) in [5.41, 5.74) is 5.42. The van der Waals surface area contributed by atoms with Crippen molar-refractivity contribution in [2.75, 3.05) is 0 Å². The van der Waals surface area contributed by atoms with E-state index < -0.39 is 0 Å². The summed E-state index contributed by atoms with van der Waals surface area (Å²) < 4.78 is 2.72. The fourth-order valence-corrected chi connectivity index (χ4v) is 5.37. The van der Waals surface area contributed by atoms with Crippen LogP contribution in [0.1, 0.15) is 25.0 Å². The summed E-state index contributed by atoms with van der Waals surface area (Å²) in [5.74, 6) is 1.55. The Bertz CT molecular complexity index is 1080. The van der Waals surface area contributed by atoms with E-state index in [1.165, 1.54) is 38.6 Å². The highest BCUT2D eigenvalue weighted by atomic mass is 32.1. The number of pyridine rings is 1. The van der Waals surface area contributed by atoms with Gasteiger partial charge in [0.25, 0.3) is 0 Å². The number of benzene rings is 2. The van der Waals surface area contributed by atoms with Crippen molar-refractivity contribution in [1.29, 1.82) is 0 Å². The largest absolute Gasteiger partial charge is 0.255 e.